The van der Waals surface area contributed by atoms with Gasteiger partial charge in [0, 0.05) is 25.1 Å². The number of sulfonamides is 1. The Bertz CT molecular complexity index is 1270. The third kappa shape index (κ3) is 4.27. The van der Waals surface area contributed by atoms with E-state index in [1.165, 1.54) is 0 Å². The Balaban J connectivity index is 1.43. The Morgan fingerprint density at radius 3 is 2.45 bits per heavy atom. The van der Waals surface area contributed by atoms with Crippen molar-refractivity contribution in [1.82, 2.24) is 9.29 Å². The highest BCUT2D eigenvalue weighted by molar-refractivity contribution is 7.89. The average molecular weight is 473 g/mol. The summed E-state index contributed by atoms with van der Waals surface area (Å²) in [6.07, 6.45) is 0.297. The van der Waals surface area contributed by atoms with Gasteiger partial charge in [0.2, 0.25) is 15.9 Å². The highest BCUT2D eigenvalue weighted by atomic mass is 32.2. The molecule has 4 rings (SSSR count). The van der Waals surface area contributed by atoms with Crippen LogP contribution in [-0.4, -0.2) is 36.7 Å². The Labute approximate surface area is 178 Å². The van der Waals surface area contributed by atoms with E-state index >= 15 is 0 Å². The molecule has 12 heteroatoms. The van der Waals surface area contributed by atoms with Crippen LogP contribution in [0.3, 0.4) is 0 Å². The molecular formula is C19H15F4N3O3S2. The number of carbonyl (C=O) groups excluding carboxylic acids is 1. The monoisotopic (exact) mass is 473 g/mol. The lowest BCUT2D eigenvalue weighted by molar-refractivity contribution is -0.120. The zero-order valence-corrected chi connectivity index (χ0v) is 17.4. The van der Waals surface area contributed by atoms with Gasteiger partial charge in [0.05, 0.1) is 4.70 Å². The van der Waals surface area contributed by atoms with Crippen molar-refractivity contribution in [2.75, 3.05) is 18.4 Å². The number of piperidine rings is 1. The van der Waals surface area contributed by atoms with Crippen LogP contribution in [0.1, 0.15) is 12.8 Å². The van der Waals surface area contributed by atoms with E-state index in [2.05, 4.69) is 10.3 Å². The molecule has 1 amide bonds. The van der Waals surface area contributed by atoms with Crippen molar-refractivity contribution in [3.63, 3.8) is 0 Å². The lowest BCUT2D eigenvalue weighted by Gasteiger charge is -2.30. The minimum Gasteiger partial charge on any atom is -0.302 e. The lowest BCUT2D eigenvalue weighted by atomic mass is 9.97. The first-order chi connectivity index (χ1) is 14.6. The van der Waals surface area contributed by atoms with Crippen LogP contribution in [-0.2, 0) is 14.8 Å². The Morgan fingerprint density at radius 1 is 1.03 bits per heavy atom. The largest absolute Gasteiger partial charge is 0.302 e. The first-order valence-corrected chi connectivity index (χ1v) is 11.4. The number of thiazole rings is 1. The summed E-state index contributed by atoms with van der Waals surface area (Å²) >= 11 is 0.916. The molecule has 31 heavy (non-hydrogen) atoms. The standard InChI is InChI=1S/C19H15F4N3O3S2/c20-11-1-2-13(22)16(9-11)31(28,29)26-5-3-10(4-6-26)18(27)25-19-24-17-14(23)7-12(21)8-15(17)30-19/h1-2,7-10H,3-6H2,(H,24,25,27). The van der Waals surface area contributed by atoms with Gasteiger partial charge in [-0.2, -0.15) is 4.31 Å². The summed E-state index contributed by atoms with van der Waals surface area (Å²) in [6, 6.07) is 4.01. The number of carbonyl (C=O) groups is 1. The molecule has 0 aliphatic carbocycles. The number of rotatable bonds is 4. The zero-order chi connectivity index (χ0) is 22.3. The third-order valence-electron chi connectivity index (χ3n) is 4.98. The van der Waals surface area contributed by atoms with Crippen molar-refractivity contribution >= 4 is 42.6 Å². The van der Waals surface area contributed by atoms with E-state index in [1.54, 1.807) is 0 Å². The summed E-state index contributed by atoms with van der Waals surface area (Å²) < 4.78 is 80.9. The SMILES string of the molecule is O=C(Nc1nc2c(F)cc(F)cc2s1)C1CCN(S(=O)(=O)c2cc(F)ccc2F)CC1. The molecule has 1 N–H and O–H groups in total. The molecule has 2 aromatic carbocycles. The van der Waals surface area contributed by atoms with Crippen LogP contribution in [0, 0.1) is 29.2 Å². The number of hydrogen-bond donors (Lipinski definition) is 1. The van der Waals surface area contributed by atoms with Crippen molar-refractivity contribution in [2.24, 2.45) is 5.92 Å². The molecule has 0 atom stereocenters. The number of amides is 1. The van der Waals surface area contributed by atoms with Crippen LogP contribution in [0.15, 0.2) is 35.2 Å². The number of nitrogens with zero attached hydrogens (tertiary/aromatic N) is 2. The molecule has 1 aromatic heterocycles. The molecule has 164 valence electrons. The summed E-state index contributed by atoms with van der Waals surface area (Å²) in [4.78, 5) is 15.7. The molecule has 0 unspecified atom stereocenters. The summed E-state index contributed by atoms with van der Waals surface area (Å²) in [6.45, 7) is -0.119. The van der Waals surface area contributed by atoms with E-state index in [0.717, 1.165) is 33.8 Å². The summed E-state index contributed by atoms with van der Waals surface area (Å²) in [5.74, 6) is -4.52. The minimum atomic E-state index is -4.25. The van der Waals surface area contributed by atoms with E-state index in [1.807, 2.05) is 0 Å². The molecule has 1 aliphatic heterocycles. The van der Waals surface area contributed by atoms with Gasteiger partial charge in [-0.1, -0.05) is 11.3 Å². The number of hydrogen-bond acceptors (Lipinski definition) is 5. The number of nitrogens with one attached hydrogen (secondary N) is 1. The molecular weight excluding hydrogens is 458 g/mol. The van der Waals surface area contributed by atoms with E-state index in [4.69, 9.17) is 0 Å². The Morgan fingerprint density at radius 2 is 1.74 bits per heavy atom. The molecule has 3 aromatic rings. The second-order valence-electron chi connectivity index (χ2n) is 7.00. The minimum absolute atomic E-state index is 0.0558. The molecule has 0 bridgehead atoms. The average Bonchev–Trinajstić information content (AvgIpc) is 3.12. The topological polar surface area (TPSA) is 79.4 Å². The van der Waals surface area contributed by atoms with Crippen molar-refractivity contribution in [2.45, 2.75) is 17.7 Å². The van der Waals surface area contributed by atoms with Gasteiger partial charge in [-0.15, -0.1) is 0 Å². The van der Waals surface area contributed by atoms with Crippen molar-refractivity contribution in [1.29, 1.82) is 0 Å². The van der Waals surface area contributed by atoms with Gasteiger partial charge >= 0.3 is 0 Å². The van der Waals surface area contributed by atoms with Crippen molar-refractivity contribution < 1.29 is 30.8 Å². The fourth-order valence-electron chi connectivity index (χ4n) is 3.39. The first-order valence-electron chi connectivity index (χ1n) is 9.17. The second kappa shape index (κ2) is 8.17. The van der Waals surface area contributed by atoms with Gasteiger partial charge in [0.15, 0.2) is 10.9 Å². The highest BCUT2D eigenvalue weighted by Crippen LogP contribution is 2.30. The summed E-state index contributed by atoms with van der Waals surface area (Å²) in [7, 11) is -4.25. The Kier molecular flexibility index (Phi) is 5.71. The van der Waals surface area contributed by atoms with Gasteiger partial charge in [-0.3, -0.25) is 4.79 Å². The van der Waals surface area contributed by atoms with Gasteiger partial charge < -0.3 is 5.32 Å². The van der Waals surface area contributed by atoms with E-state index in [-0.39, 0.29) is 41.3 Å². The molecule has 6 nitrogen and oxygen atoms in total. The van der Waals surface area contributed by atoms with Gasteiger partial charge in [-0.05, 0) is 37.1 Å². The zero-order valence-electron chi connectivity index (χ0n) is 15.7. The molecule has 0 spiro atoms. The first kappa shape index (κ1) is 21.7. The number of fused-ring (bicyclic) bond motifs is 1. The predicted molar refractivity (Wildman–Crippen MR) is 106 cm³/mol. The fourth-order valence-corrected chi connectivity index (χ4v) is 5.84. The maximum Gasteiger partial charge on any atom is 0.246 e. The quantitative estimate of drug-likeness (QED) is 0.583. The van der Waals surface area contributed by atoms with Gasteiger partial charge in [0.25, 0.3) is 0 Å². The molecule has 1 saturated heterocycles. The molecule has 1 fully saturated rings. The van der Waals surface area contributed by atoms with Crippen molar-refractivity contribution in [3.05, 3.63) is 53.6 Å². The van der Waals surface area contributed by atoms with Gasteiger partial charge in [-0.25, -0.2) is 31.0 Å². The highest BCUT2D eigenvalue weighted by Gasteiger charge is 2.34. The predicted octanol–water partition coefficient (Wildman–Crippen LogP) is 3.89. The maximum absolute atomic E-state index is 13.9. The molecule has 2 heterocycles. The van der Waals surface area contributed by atoms with E-state index in [0.29, 0.717) is 12.1 Å². The van der Waals surface area contributed by atoms with E-state index in [9.17, 15) is 30.8 Å². The number of halogens is 4. The summed E-state index contributed by atoms with van der Waals surface area (Å²) in [5, 5.41) is 2.65. The van der Waals surface area contributed by atoms with Crippen LogP contribution in [0.25, 0.3) is 10.2 Å². The van der Waals surface area contributed by atoms with Crippen molar-refractivity contribution in [3.8, 4) is 0 Å². The fraction of sp³-hybridized carbons (Fsp3) is 0.263. The number of anilines is 1. The molecule has 0 saturated carbocycles. The van der Waals surface area contributed by atoms with Crippen LogP contribution >= 0.6 is 11.3 Å². The molecule has 1 aliphatic rings. The van der Waals surface area contributed by atoms with Crippen LogP contribution < -0.4 is 5.32 Å². The van der Waals surface area contributed by atoms with Gasteiger partial charge in [0.1, 0.15) is 27.9 Å². The normalized spacial score (nSPS) is 16.0. The number of benzene rings is 2. The van der Waals surface area contributed by atoms with E-state index < -0.39 is 50.0 Å². The summed E-state index contributed by atoms with van der Waals surface area (Å²) in [5.41, 5.74) is -0.0558. The maximum atomic E-state index is 13.9. The smallest absolute Gasteiger partial charge is 0.246 e. The second-order valence-corrected chi connectivity index (χ2v) is 9.93. The van der Waals surface area contributed by atoms with Crippen LogP contribution in [0.2, 0.25) is 0 Å². The third-order valence-corrected chi connectivity index (χ3v) is 7.81. The Hall–Kier alpha value is -2.57. The van der Waals surface area contributed by atoms with Crippen LogP contribution in [0.5, 0.6) is 0 Å². The lowest BCUT2D eigenvalue weighted by Crippen LogP contribution is -2.41. The molecule has 0 radical (unpaired) electrons. The number of aromatic nitrogens is 1. The van der Waals surface area contributed by atoms with Crippen LogP contribution in [0.4, 0.5) is 22.7 Å².